The Bertz CT molecular complexity index is 288. The van der Waals surface area contributed by atoms with E-state index in [2.05, 4.69) is 0 Å². The monoisotopic (exact) mass is 205 g/mol. The molecule has 0 saturated carbocycles. The molecular formula is C11H14AlO2+3. The molecule has 3 heteroatoms. The number of carbonyl (C=O) groups excluding carboxylic acids is 1. The fourth-order valence-corrected chi connectivity index (χ4v) is 0.911. The molecule has 1 aromatic carbocycles. The van der Waals surface area contributed by atoms with E-state index in [1.165, 1.54) is 0 Å². The van der Waals surface area contributed by atoms with Crippen LogP contribution in [0.3, 0.4) is 0 Å². The summed E-state index contributed by atoms with van der Waals surface area (Å²) in [6.45, 7) is 5.56. The van der Waals surface area contributed by atoms with Gasteiger partial charge >= 0.3 is 23.3 Å². The molecule has 2 nitrogen and oxygen atoms in total. The Labute approximate surface area is 95.4 Å². The predicted octanol–water partition coefficient (Wildman–Crippen LogP) is 2.26. The van der Waals surface area contributed by atoms with Gasteiger partial charge in [0.2, 0.25) is 0 Å². The van der Waals surface area contributed by atoms with Crippen LogP contribution in [-0.4, -0.2) is 28.9 Å². The summed E-state index contributed by atoms with van der Waals surface area (Å²) in [5.41, 5.74) is 0.171. The Morgan fingerprint density at radius 1 is 1.14 bits per heavy atom. The molecule has 0 fully saturated rings. The molecule has 0 amide bonds. The quantitative estimate of drug-likeness (QED) is 0.519. The minimum absolute atomic E-state index is 0. The minimum Gasteiger partial charge on any atom is -0.456 e. The van der Waals surface area contributed by atoms with Crippen molar-refractivity contribution in [1.29, 1.82) is 0 Å². The minimum atomic E-state index is -0.424. The van der Waals surface area contributed by atoms with Gasteiger partial charge in [0.05, 0.1) is 5.56 Å². The molecule has 70 valence electrons. The van der Waals surface area contributed by atoms with Crippen LogP contribution in [0.4, 0.5) is 0 Å². The van der Waals surface area contributed by atoms with E-state index in [4.69, 9.17) is 4.74 Å². The standard InChI is InChI=1S/C11H14O2.Al/c1-11(2,3)13-10(12)9-7-5-4-6-8-9;/h4-8H,1-3H3;/q;+3. The first-order valence-corrected chi connectivity index (χ1v) is 4.27. The van der Waals surface area contributed by atoms with E-state index in [0.717, 1.165) is 0 Å². The first-order chi connectivity index (χ1) is 5.99. The topological polar surface area (TPSA) is 26.3 Å². The van der Waals surface area contributed by atoms with Crippen molar-refractivity contribution >= 4 is 23.3 Å². The van der Waals surface area contributed by atoms with Gasteiger partial charge in [-0.3, -0.25) is 0 Å². The summed E-state index contributed by atoms with van der Waals surface area (Å²) in [7, 11) is 0. The smallest absolute Gasteiger partial charge is 0.456 e. The van der Waals surface area contributed by atoms with E-state index in [9.17, 15) is 4.79 Å². The predicted molar refractivity (Wildman–Crippen MR) is 57.4 cm³/mol. The first kappa shape index (κ1) is 13.2. The maximum absolute atomic E-state index is 11.4. The molecular weight excluding hydrogens is 191 g/mol. The van der Waals surface area contributed by atoms with Gasteiger partial charge < -0.3 is 4.74 Å². The molecule has 0 aromatic heterocycles. The molecule has 0 radical (unpaired) electrons. The Balaban J connectivity index is 0.00000169. The van der Waals surface area contributed by atoms with Gasteiger partial charge in [-0.15, -0.1) is 0 Å². The Morgan fingerprint density at radius 2 is 1.64 bits per heavy atom. The number of hydrogen-bond donors (Lipinski definition) is 0. The Morgan fingerprint density at radius 3 is 2.07 bits per heavy atom. The largest absolute Gasteiger partial charge is 3.00 e. The molecule has 1 rings (SSSR count). The third-order valence-corrected chi connectivity index (χ3v) is 1.41. The normalized spacial score (nSPS) is 10.2. The van der Waals surface area contributed by atoms with Gasteiger partial charge in [0.25, 0.3) is 0 Å². The molecule has 0 N–H and O–H groups in total. The second-order valence-corrected chi connectivity index (χ2v) is 3.87. The van der Waals surface area contributed by atoms with Crippen LogP contribution in [0.2, 0.25) is 0 Å². The van der Waals surface area contributed by atoms with E-state index in [1.807, 2.05) is 39.0 Å². The summed E-state index contributed by atoms with van der Waals surface area (Å²) in [6.07, 6.45) is 0. The maximum Gasteiger partial charge on any atom is 3.00 e. The van der Waals surface area contributed by atoms with Crippen molar-refractivity contribution in [3.63, 3.8) is 0 Å². The van der Waals surface area contributed by atoms with Crippen LogP contribution in [0.15, 0.2) is 30.3 Å². The van der Waals surface area contributed by atoms with Crippen LogP contribution in [0, 0.1) is 0 Å². The fraction of sp³-hybridized carbons (Fsp3) is 0.364. The number of esters is 1. The molecule has 0 aliphatic carbocycles. The Kier molecular flexibility index (Phi) is 4.90. The van der Waals surface area contributed by atoms with Crippen LogP contribution < -0.4 is 0 Å². The number of hydrogen-bond acceptors (Lipinski definition) is 2. The first-order valence-electron chi connectivity index (χ1n) is 4.27. The van der Waals surface area contributed by atoms with Crippen LogP contribution in [-0.2, 0) is 4.74 Å². The van der Waals surface area contributed by atoms with Gasteiger partial charge in [-0.05, 0) is 32.9 Å². The number of carbonyl (C=O) groups is 1. The second kappa shape index (κ2) is 5.19. The molecule has 0 aliphatic rings. The summed E-state index contributed by atoms with van der Waals surface area (Å²) in [5.74, 6) is -0.270. The van der Waals surface area contributed by atoms with Gasteiger partial charge in [-0.2, -0.15) is 0 Å². The molecule has 14 heavy (non-hydrogen) atoms. The second-order valence-electron chi connectivity index (χ2n) is 3.87. The van der Waals surface area contributed by atoms with Crippen molar-refractivity contribution in [2.75, 3.05) is 0 Å². The summed E-state index contributed by atoms with van der Waals surface area (Å²) in [4.78, 5) is 11.4. The number of ether oxygens (including phenoxy) is 1. The summed E-state index contributed by atoms with van der Waals surface area (Å²) < 4.78 is 5.18. The average molecular weight is 205 g/mol. The zero-order valence-corrected chi connectivity index (χ0v) is 9.94. The number of benzene rings is 1. The van der Waals surface area contributed by atoms with Crippen LogP contribution in [0.5, 0.6) is 0 Å². The van der Waals surface area contributed by atoms with E-state index >= 15 is 0 Å². The van der Waals surface area contributed by atoms with E-state index < -0.39 is 5.60 Å². The molecule has 0 atom stereocenters. The van der Waals surface area contributed by atoms with Crippen molar-refractivity contribution < 1.29 is 9.53 Å². The van der Waals surface area contributed by atoms with Crippen LogP contribution in [0.25, 0.3) is 0 Å². The van der Waals surface area contributed by atoms with Gasteiger partial charge in [0.1, 0.15) is 5.60 Å². The van der Waals surface area contributed by atoms with Gasteiger partial charge in [-0.1, -0.05) is 18.2 Å². The van der Waals surface area contributed by atoms with Crippen LogP contribution in [0.1, 0.15) is 31.1 Å². The van der Waals surface area contributed by atoms with Gasteiger partial charge in [0.15, 0.2) is 0 Å². The summed E-state index contributed by atoms with van der Waals surface area (Å²) >= 11 is 0. The molecule has 0 bridgehead atoms. The molecule has 0 heterocycles. The Hall–Kier alpha value is -0.778. The summed E-state index contributed by atoms with van der Waals surface area (Å²) in [6, 6.07) is 8.99. The molecule has 0 spiro atoms. The molecule has 1 aromatic rings. The van der Waals surface area contributed by atoms with E-state index in [1.54, 1.807) is 12.1 Å². The average Bonchev–Trinajstić information content (AvgIpc) is 2.03. The van der Waals surface area contributed by atoms with Crippen molar-refractivity contribution in [2.45, 2.75) is 26.4 Å². The SMILES string of the molecule is CC(C)(C)OC(=O)c1ccccc1.[Al+3]. The zero-order chi connectivity index (χ0) is 9.90. The van der Waals surface area contributed by atoms with Crippen molar-refractivity contribution in [3.8, 4) is 0 Å². The number of rotatable bonds is 1. The van der Waals surface area contributed by atoms with Crippen molar-refractivity contribution in [2.24, 2.45) is 0 Å². The van der Waals surface area contributed by atoms with Crippen molar-refractivity contribution in [1.82, 2.24) is 0 Å². The molecule has 0 saturated heterocycles. The van der Waals surface area contributed by atoms with Gasteiger partial charge in [-0.25, -0.2) is 4.79 Å². The molecule has 0 unspecified atom stereocenters. The zero-order valence-electron chi connectivity index (χ0n) is 8.78. The van der Waals surface area contributed by atoms with Gasteiger partial charge in [0, 0.05) is 0 Å². The summed E-state index contributed by atoms with van der Waals surface area (Å²) in [5, 5.41) is 0. The van der Waals surface area contributed by atoms with Crippen LogP contribution >= 0.6 is 0 Å². The third-order valence-electron chi connectivity index (χ3n) is 1.41. The molecule has 0 aliphatic heterocycles. The third kappa shape index (κ3) is 4.46. The maximum atomic E-state index is 11.4. The van der Waals surface area contributed by atoms with E-state index in [-0.39, 0.29) is 23.3 Å². The fourth-order valence-electron chi connectivity index (χ4n) is 0.911. The van der Waals surface area contributed by atoms with Crippen molar-refractivity contribution in [3.05, 3.63) is 35.9 Å². The van der Waals surface area contributed by atoms with E-state index in [0.29, 0.717) is 5.56 Å².